The van der Waals surface area contributed by atoms with E-state index in [0.29, 0.717) is 44.1 Å². The van der Waals surface area contributed by atoms with E-state index in [-0.39, 0.29) is 133 Å². The Morgan fingerprint density at radius 3 is 2.05 bits per heavy atom. The Balaban J connectivity index is 0.000000264. The summed E-state index contributed by atoms with van der Waals surface area (Å²) in [6.07, 6.45) is 15.8. The van der Waals surface area contributed by atoms with Crippen molar-refractivity contribution < 1.29 is 102 Å². The minimum atomic E-state index is -4.38. The van der Waals surface area contributed by atoms with E-state index in [1.54, 1.807) is 24.3 Å². The van der Waals surface area contributed by atoms with E-state index in [9.17, 15) is 67.3 Å². The Morgan fingerprint density at radius 2 is 1.42 bits per heavy atom. The van der Waals surface area contributed by atoms with Crippen molar-refractivity contribution in [1.82, 2.24) is 4.90 Å². The number of unbranched alkanes of at least 4 members (excludes halogenated alkanes) is 3. The summed E-state index contributed by atoms with van der Waals surface area (Å²) in [4.78, 5) is 75.7. The first-order valence-electron chi connectivity index (χ1n) is 25.9. The van der Waals surface area contributed by atoms with Crippen molar-refractivity contribution in [3.63, 3.8) is 0 Å². The molecule has 8 rings (SSSR count). The van der Waals surface area contributed by atoms with E-state index in [4.69, 9.17) is 4.74 Å². The predicted octanol–water partition coefficient (Wildman–Crippen LogP) is 1.43. The van der Waals surface area contributed by atoms with Crippen LogP contribution in [0.4, 0.5) is 0 Å². The van der Waals surface area contributed by atoms with Gasteiger partial charge >= 0.3 is 35.5 Å². The molecule has 16 nitrogen and oxygen atoms in total. The van der Waals surface area contributed by atoms with Gasteiger partial charge in [-0.05, 0) is 124 Å². The van der Waals surface area contributed by atoms with Crippen LogP contribution in [0, 0.1) is 63.1 Å². The number of amides is 1. The van der Waals surface area contributed by atoms with Crippen molar-refractivity contribution >= 4 is 45.1 Å². The molecular weight excluding hydrogens is 970 g/mol. The third-order valence-electron chi connectivity index (χ3n) is 19.7. The molecule has 0 heterocycles. The van der Waals surface area contributed by atoms with E-state index in [1.165, 1.54) is 11.9 Å². The molecule has 0 spiro atoms. The van der Waals surface area contributed by atoms with Gasteiger partial charge in [0, 0.05) is 59.9 Å². The van der Waals surface area contributed by atoms with Crippen molar-refractivity contribution in [1.29, 1.82) is 0 Å². The number of aliphatic hydroxyl groups is 5. The number of hydrogen-bond acceptors (Lipinski definition) is 15. The van der Waals surface area contributed by atoms with Crippen molar-refractivity contribution in [2.45, 2.75) is 148 Å². The zero-order valence-electron chi connectivity index (χ0n) is 43.8. The molecule has 8 aliphatic rings. The molecule has 15 atom stereocenters. The quantitative estimate of drug-likeness (QED) is 0.0511. The van der Waals surface area contributed by atoms with Crippen LogP contribution < -0.4 is 29.6 Å². The zero-order valence-corrected chi connectivity index (χ0v) is 46.6. The number of carbonyl (C=O) groups is 6. The van der Waals surface area contributed by atoms with Crippen LogP contribution >= 0.6 is 0 Å². The fourth-order valence-corrected chi connectivity index (χ4v) is 16.4. The molecule has 0 aromatic rings. The second kappa shape index (κ2) is 21.8. The Bertz CT molecular complexity index is 2490. The van der Waals surface area contributed by atoms with Crippen LogP contribution in [0.5, 0.6) is 0 Å². The maximum atomic E-state index is 13.5. The molecule has 0 aromatic carbocycles. The third kappa shape index (κ3) is 10.5. The summed E-state index contributed by atoms with van der Waals surface area (Å²) in [7, 11) is -2.93. The van der Waals surface area contributed by atoms with E-state index >= 15 is 0 Å². The number of carbonyl (C=O) groups excluding carboxylic acids is 6. The number of hydrogen-bond donors (Lipinski definition) is 5. The number of fused-ring (bicyclic) bond motifs is 10. The molecule has 0 aromatic heterocycles. The van der Waals surface area contributed by atoms with Crippen molar-refractivity contribution in [2.75, 3.05) is 32.6 Å². The standard InChI is InChI=1S/C33H49NO10S.C22H28O5.Na/c1-21-17-23-24-12-14-33(40,32(24,3)19-26(36)30(23)31(2)13-11-22(35)18-25(21)31)27(37)20-44-29(39)10-8-6-5-7-9-28(38)34(4)15-16-45(41,42)43;1-12-8-16-15-5-4-13-9-14(24)6-7-20(13,2)19(15)17(25)10-21(16,3)22(12,27)18(26)11-23;/h11,13,18,21,23-24,26,30,36,40H,5-10,12,14-17,19-20H2,1-4H3,(H,41,42,43);6-7,9,15-17,19,23,25,27H,1,4-5,8,10-11H2,2-3H3;/q;;+1/p-1/t21-,23-,24-,26-,30+,31-,32-,33-;15-,16-,17-,19+,20-,21-,22-;/m00./s1. The van der Waals surface area contributed by atoms with Crippen LogP contribution in [0.2, 0.25) is 0 Å². The zero-order chi connectivity index (χ0) is 53.1. The van der Waals surface area contributed by atoms with Gasteiger partial charge in [-0.1, -0.05) is 77.3 Å². The second-order valence-electron chi connectivity index (χ2n) is 23.5. The van der Waals surface area contributed by atoms with Gasteiger partial charge in [-0.3, -0.25) is 28.8 Å². The molecule has 1 amide bonds. The summed E-state index contributed by atoms with van der Waals surface area (Å²) in [5.74, 6) is -2.55. The molecular formula is C55H76NNaO15S. The third-order valence-corrected chi connectivity index (χ3v) is 20.3. The van der Waals surface area contributed by atoms with Crippen LogP contribution in [-0.2, 0) is 43.6 Å². The Morgan fingerprint density at radius 1 is 0.836 bits per heavy atom. The van der Waals surface area contributed by atoms with Crippen molar-refractivity contribution in [2.24, 2.45) is 63.1 Å². The van der Waals surface area contributed by atoms with Gasteiger partial charge in [0.1, 0.15) is 12.2 Å². The van der Waals surface area contributed by atoms with Crippen LogP contribution in [0.3, 0.4) is 0 Å². The summed E-state index contributed by atoms with van der Waals surface area (Å²) < 4.78 is 37.5. The Hall–Kier alpha value is -2.97. The van der Waals surface area contributed by atoms with Gasteiger partial charge in [0.2, 0.25) is 11.7 Å². The first-order chi connectivity index (χ1) is 33.5. The molecule has 0 bridgehead atoms. The van der Waals surface area contributed by atoms with Gasteiger partial charge in [-0.25, -0.2) is 8.42 Å². The molecule has 0 radical (unpaired) electrons. The minimum Gasteiger partial charge on any atom is -0.748 e. The number of esters is 1. The molecule has 6 fully saturated rings. The average Bonchev–Trinajstić information content (AvgIpc) is 3.70. The number of nitrogens with zero attached hydrogens (tertiary/aromatic N) is 1. The number of allylic oxidation sites excluding steroid dienone is 8. The molecule has 398 valence electrons. The molecule has 8 aliphatic carbocycles. The van der Waals surface area contributed by atoms with Crippen molar-refractivity contribution in [3.8, 4) is 0 Å². The topological polar surface area (TPSA) is 273 Å². The first kappa shape index (κ1) is 59.3. The van der Waals surface area contributed by atoms with E-state index in [2.05, 4.69) is 27.4 Å². The molecule has 0 unspecified atom stereocenters. The molecule has 0 saturated heterocycles. The molecule has 5 N–H and O–H groups in total. The van der Waals surface area contributed by atoms with Gasteiger partial charge in [-0.2, -0.15) is 0 Å². The van der Waals surface area contributed by atoms with E-state index in [1.807, 2.05) is 26.0 Å². The van der Waals surface area contributed by atoms with E-state index < -0.39 is 86.3 Å². The van der Waals surface area contributed by atoms with Crippen LogP contribution in [0.15, 0.2) is 59.8 Å². The van der Waals surface area contributed by atoms with Crippen LogP contribution in [0.1, 0.15) is 125 Å². The largest absolute Gasteiger partial charge is 1.00 e. The summed E-state index contributed by atoms with van der Waals surface area (Å²) >= 11 is 0. The molecule has 6 saturated carbocycles. The number of ketones is 4. The number of rotatable bonds is 15. The number of Topliss-reactive ketones (excluding diaryl/α,β-unsaturated/α-hetero) is 2. The maximum absolute atomic E-state index is 13.5. The Kier molecular flexibility index (Phi) is 17.7. The summed E-state index contributed by atoms with van der Waals surface area (Å²) in [5.41, 5.74) is -3.54. The first-order valence-corrected chi connectivity index (χ1v) is 27.5. The van der Waals surface area contributed by atoms with Crippen molar-refractivity contribution in [3.05, 3.63) is 59.8 Å². The minimum absolute atomic E-state index is 0. The summed E-state index contributed by atoms with van der Waals surface area (Å²) in [6.45, 7) is 12.6. The van der Waals surface area contributed by atoms with Crippen LogP contribution in [0.25, 0.3) is 0 Å². The molecule has 73 heavy (non-hydrogen) atoms. The molecule has 18 heteroatoms. The number of aliphatic hydroxyl groups excluding tert-OH is 3. The SMILES string of the molecule is C=C1C[C@H]2[C@@H]3CCC4=CC(=O)C=C[C@]4(C)[C@H]3[C@@H](O)C[C@]2(C)[C@@]1(O)C(=O)CO.C[C@H]1C[C@@H]2[C@H]([C@@H](O)C[C@@]3(C)[C@H]2CC[C@]3(O)C(=O)COC(=O)CCCCCCC(=O)N(C)CCS(=O)(=O)[O-])[C@@]2(C)C=CC(=O)C=C12.[Na+]. The maximum Gasteiger partial charge on any atom is 1.00 e. The summed E-state index contributed by atoms with van der Waals surface area (Å²) in [5, 5.41) is 55.4. The van der Waals surface area contributed by atoms with Crippen LogP contribution in [-0.4, -0.2) is 134 Å². The molecule has 0 aliphatic heterocycles. The smallest absolute Gasteiger partial charge is 0.748 e. The fourth-order valence-electron chi connectivity index (χ4n) is 15.9. The van der Waals surface area contributed by atoms with Gasteiger partial charge in [-0.15, -0.1) is 0 Å². The Labute approximate surface area is 452 Å². The number of ether oxygens (including phenoxy) is 1. The van der Waals surface area contributed by atoms with Gasteiger partial charge < -0.3 is 39.7 Å². The fraction of sp³-hybridized carbons (Fsp3) is 0.709. The second-order valence-corrected chi connectivity index (χ2v) is 25.0. The normalized spacial score (nSPS) is 39.9. The van der Waals surface area contributed by atoms with Gasteiger partial charge in [0.15, 0.2) is 29.6 Å². The van der Waals surface area contributed by atoms with Gasteiger partial charge in [0.25, 0.3) is 0 Å². The summed E-state index contributed by atoms with van der Waals surface area (Å²) in [6, 6.07) is 0. The average molecular weight is 1050 g/mol. The monoisotopic (exact) mass is 1050 g/mol. The predicted molar refractivity (Wildman–Crippen MR) is 263 cm³/mol. The van der Waals surface area contributed by atoms with Gasteiger partial charge in [0.05, 0.1) is 28.1 Å². The van der Waals surface area contributed by atoms with E-state index in [0.717, 1.165) is 30.4 Å².